The summed E-state index contributed by atoms with van der Waals surface area (Å²) in [5.74, 6) is 0.226. The first-order chi connectivity index (χ1) is 13.0. The summed E-state index contributed by atoms with van der Waals surface area (Å²) in [6.45, 7) is 0.325. The second kappa shape index (κ2) is 6.51. The first-order valence-corrected chi connectivity index (χ1v) is 8.91. The maximum Gasteiger partial charge on any atom is 0.367 e. The Balaban J connectivity index is 1.83. The van der Waals surface area contributed by atoms with E-state index in [4.69, 9.17) is 9.47 Å². The molecular formula is C18H16N4O4S. The Kier molecular flexibility index (Phi) is 4.15. The zero-order chi connectivity index (χ0) is 19.1. The summed E-state index contributed by atoms with van der Waals surface area (Å²) in [4.78, 5) is 29.0. The minimum absolute atomic E-state index is 0.220. The largest absolute Gasteiger partial charge is 0.497 e. The molecule has 0 amide bonds. The van der Waals surface area contributed by atoms with Crippen molar-refractivity contribution in [1.82, 2.24) is 19.3 Å². The summed E-state index contributed by atoms with van der Waals surface area (Å²) in [5, 5.41) is 5.23. The van der Waals surface area contributed by atoms with Gasteiger partial charge in [-0.25, -0.2) is 14.5 Å². The molecule has 27 heavy (non-hydrogen) atoms. The molecule has 0 bridgehead atoms. The van der Waals surface area contributed by atoms with Crippen LogP contribution in [0.4, 0.5) is 0 Å². The van der Waals surface area contributed by atoms with Crippen LogP contribution in [0.1, 0.15) is 15.4 Å². The Morgan fingerprint density at radius 3 is 2.85 bits per heavy atom. The van der Waals surface area contributed by atoms with Crippen LogP contribution in [0, 0.1) is 0 Å². The lowest BCUT2D eigenvalue weighted by Gasteiger charge is -2.07. The zero-order valence-electron chi connectivity index (χ0n) is 14.9. The van der Waals surface area contributed by atoms with Gasteiger partial charge in [-0.3, -0.25) is 4.79 Å². The molecule has 0 aliphatic carbocycles. The minimum Gasteiger partial charge on any atom is -0.497 e. The van der Waals surface area contributed by atoms with Crippen LogP contribution in [-0.4, -0.2) is 39.5 Å². The van der Waals surface area contributed by atoms with Gasteiger partial charge in [0, 0.05) is 12.4 Å². The Hall–Kier alpha value is -3.20. The number of carbonyl (C=O) groups excluding carboxylic acids is 1. The van der Waals surface area contributed by atoms with Crippen molar-refractivity contribution in [1.29, 1.82) is 0 Å². The summed E-state index contributed by atoms with van der Waals surface area (Å²) in [5.41, 5.74) is 1.75. The third-order valence-corrected chi connectivity index (χ3v) is 5.41. The first-order valence-electron chi connectivity index (χ1n) is 8.09. The molecule has 1 aromatic carbocycles. The third-order valence-electron chi connectivity index (χ3n) is 4.35. The van der Waals surface area contributed by atoms with Crippen molar-refractivity contribution in [2.75, 3.05) is 14.2 Å². The molecule has 0 N–H and O–H groups in total. The van der Waals surface area contributed by atoms with Gasteiger partial charge in [-0.05, 0) is 17.7 Å². The molecule has 4 aromatic rings. The van der Waals surface area contributed by atoms with Crippen LogP contribution in [-0.2, 0) is 18.3 Å². The molecule has 0 aliphatic heterocycles. The second-order valence-electron chi connectivity index (χ2n) is 5.94. The van der Waals surface area contributed by atoms with E-state index >= 15 is 0 Å². The van der Waals surface area contributed by atoms with Crippen molar-refractivity contribution in [3.63, 3.8) is 0 Å². The average molecular weight is 384 g/mol. The van der Waals surface area contributed by atoms with Gasteiger partial charge in [-0.2, -0.15) is 5.10 Å². The highest BCUT2D eigenvalue weighted by molar-refractivity contribution is 7.21. The molecule has 0 saturated heterocycles. The van der Waals surface area contributed by atoms with E-state index in [0.29, 0.717) is 23.1 Å². The van der Waals surface area contributed by atoms with Crippen molar-refractivity contribution < 1.29 is 14.3 Å². The topological polar surface area (TPSA) is 88.2 Å². The number of rotatable bonds is 4. The molecule has 8 nitrogen and oxygen atoms in total. The molecule has 0 aliphatic rings. The van der Waals surface area contributed by atoms with Crippen LogP contribution in [0.2, 0.25) is 0 Å². The number of methoxy groups -OCH3 is 2. The van der Waals surface area contributed by atoms with E-state index in [1.54, 1.807) is 24.9 Å². The number of esters is 1. The molecule has 0 fully saturated rings. The number of aryl methyl sites for hydroxylation is 1. The highest BCUT2D eigenvalue weighted by atomic mass is 32.1. The SMILES string of the molecule is COC(=O)c1nc2c(s1)c1cnn(Cc3cccc(OC)c3)c(=O)c1n2C. The molecule has 9 heteroatoms. The lowest BCUT2D eigenvalue weighted by Crippen LogP contribution is -2.24. The van der Waals surface area contributed by atoms with Gasteiger partial charge in [-0.15, -0.1) is 11.3 Å². The normalized spacial score (nSPS) is 11.2. The fraction of sp³-hybridized carbons (Fsp3) is 0.222. The van der Waals surface area contributed by atoms with Gasteiger partial charge < -0.3 is 14.0 Å². The van der Waals surface area contributed by atoms with Crippen molar-refractivity contribution in [2.24, 2.45) is 7.05 Å². The molecule has 4 rings (SSSR count). The number of carbonyl (C=O) groups is 1. The smallest absolute Gasteiger partial charge is 0.367 e. The predicted octanol–water partition coefficient (Wildman–Crippen LogP) is 2.19. The lowest BCUT2D eigenvalue weighted by molar-refractivity contribution is 0.0600. The van der Waals surface area contributed by atoms with E-state index in [1.165, 1.54) is 23.1 Å². The zero-order valence-corrected chi connectivity index (χ0v) is 15.7. The first kappa shape index (κ1) is 17.2. The van der Waals surface area contributed by atoms with Crippen molar-refractivity contribution in [3.8, 4) is 5.75 Å². The summed E-state index contributed by atoms with van der Waals surface area (Å²) < 4.78 is 13.8. The number of benzene rings is 1. The molecule has 0 unspecified atom stereocenters. The number of aromatic nitrogens is 4. The van der Waals surface area contributed by atoms with E-state index in [-0.39, 0.29) is 10.6 Å². The molecule has 3 aromatic heterocycles. The molecule has 0 spiro atoms. The summed E-state index contributed by atoms with van der Waals surface area (Å²) in [6.07, 6.45) is 1.64. The van der Waals surface area contributed by atoms with Gasteiger partial charge in [-0.1, -0.05) is 12.1 Å². The van der Waals surface area contributed by atoms with Crippen LogP contribution < -0.4 is 10.3 Å². The van der Waals surface area contributed by atoms with Crippen LogP contribution in [0.3, 0.4) is 0 Å². The molecular weight excluding hydrogens is 368 g/mol. The number of fused-ring (bicyclic) bond motifs is 3. The number of ether oxygens (including phenoxy) is 2. The van der Waals surface area contributed by atoms with Gasteiger partial charge in [0.1, 0.15) is 11.3 Å². The molecule has 0 atom stereocenters. The van der Waals surface area contributed by atoms with Crippen molar-refractivity contribution in [3.05, 3.63) is 51.4 Å². The van der Waals surface area contributed by atoms with Crippen molar-refractivity contribution >= 4 is 38.6 Å². The summed E-state index contributed by atoms with van der Waals surface area (Å²) in [6, 6.07) is 7.49. The van der Waals surface area contributed by atoms with Crippen LogP contribution in [0.15, 0.2) is 35.3 Å². The Morgan fingerprint density at radius 1 is 1.30 bits per heavy atom. The maximum atomic E-state index is 13.0. The maximum absolute atomic E-state index is 13.0. The van der Waals surface area contributed by atoms with E-state index in [9.17, 15) is 9.59 Å². The quantitative estimate of drug-likeness (QED) is 0.501. The van der Waals surface area contributed by atoms with Gasteiger partial charge >= 0.3 is 5.97 Å². The molecule has 0 radical (unpaired) electrons. The van der Waals surface area contributed by atoms with Crippen molar-refractivity contribution in [2.45, 2.75) is 6.54 Å². The van der Waals surface area contributed by atoms with Gasteiger partial charge in [0.05, 0.1) is 31.7 Å². The van der Waals surface area contributed by atoms with Crippen LogP contribution >= 0.6 is 11.3 Å². The lowest BCUT2D eigenvalue weighted by atomic mass is 10.2. The molecule has 0 saturated carbocycles. The van der Waals surface area contributed by atoms with Crippen LogP contribution in [0.25, 0.3) is 21.3 Å². The Bertz CT molecular complexity index is 1240. The van der Waals surface area contributed by atoms with E-state index in [2.05, 4.69) is 10.1 Å². The number of hydrogen-bond acceptors (Lipinski definition) is 7. The van der Waals surface area contributed by atoms with E-state index < -0.39 is 5.97 Å². The molecule has 3 heterocycles. The number of nitrogens with zero attached hydrogens (tertiary/aromatic N) is 4. The second-order valence-corrected chi connectivity index (χ2v) is 6.94. The van der Waals surface area contributed by atoms with Gasteiger partial charge in [0.25, 0.3) is 5.56 Å². The number of thiazole rings is 1. The van der Waals surface area contributed by atoms with E-state index in [1.807, 2.05) is 24.3 Å². The Labute approximate surface area is 157 Å². The summed E-state index contributed by atoms with van der Waals surface area (Å²) >= 11 is 1.19. The third kappa shape index (κ3) is 2.76. The minimum atomic E-state index is -0.497. The van der Waals surface area contributed by atoms with Gasteiger partial charge in [0.15, 0.2) is 5.65 Å². The van der Waals surface area contributed by atoms with E-state index in [0.717, 1.165) is 16.0 Å². The van der Waals surface area contributed by atoms with Gasteiger partial charge in [0.2, 0.25) is 5.01 Å². The number of hydrogen-bond donors (Lipinski definition) is 0. The summed E-state index contributed by atoms with van der Waals surface area (Å²) in [7, 11) is 4.66. The van der Waals surface area contributed by atoms with Crippen LogP contribution in [0.5, 0.6) is 5.75 Å². The standard InChI is InChI=1S/C18H16N4O4S/c1-21-13-12(14-15(21)20-16(27-14)18(24)26-3)8-19-22(17(13)23)9-10-5-4-6-11(7-10)25-2/h4-8H,9H2,1-3H3. The predicted molar refractivity (Wildman–Crippen MR) is 102 cm³/mol. The highest BCUT2D eigenvalue weighted by Crippen LogP contribution is 2.31. The highest BCUT2D eigenvalue weighted by Gasteiger charge is 2.21. The fourth-order valence-electron chi connectivity index (χ4n) is 3.02. The fourth-order valence-corrected chi connectivity index (χ4v) is 4.05. The molecule has 138 valence electrons. The Morgan fingerprint density at radius 2 is 2.11 bits per heavy atom. The monoisotopic (exact) mass is 384 g/mol. The average Bonchev–Trinajstić information content (AvgIpc) is 3.23.